The highest BCUT2D eigenvalue weighted by atomic mass is 32.1. The van der Waals surface area contributed by atoms with Crippen LogP contribution in [0.2, 0.25) is 0 Å². The Labute approximate surface area is 186 Å². The summed E-state index contributed by atoms with van der Waals surface area (Å²) in [6.07, 6.45) is 0. The maximum atomic E-state index is 12.7. The number of carbonyl (C=O) groups is 1. The second kappa shape index (κ2) is 8.90. The van der Waals surface area contributed by atoms with Crippen molar-refractivity contribution in [3.8, 4) is 11.3 Å². The lowest BCUT2D eigenvalue weighted by atomic mass is 10.1. The van der Waals surface area contributed by atoms with E-state index in [4.69, 9.17) is 0 Å². The molecular weight excluding hydrogens is 430 g/mol. The van der Waals surface area contributed by atoms with Gasteiger partial charge in [0.1, 0.15) is 5.69 Å². The molecule has 0 saturated carbocycles. The molecule has 0 spiro atoms. The highest BCUT2D eigenvalue weighted by molar-refractivity contribution is 7.14. The van der Waals surface area contributed by atoms with Crippen LogP contribution in [0.5, 0.6) is 0 Å². The fourth-order valence-corrected chi connectivity index (χ4v) is 3.74. The van der Waals surface area contributed by atoms with E-state index in [9.17, 15) is 19.7 Å². The Hall–Kier alpha value is -4.18. The summed E-state index contributed by atoms with van der Waals surface area (Å²) in [5, 5.41) is 20.0. The number of thiazole rings is 1. The second-order valence-electron chi connectivity index (χ2n) is 6.95. The lowest BCUT2D eigenvalue weighted by Gasteiger charge is -2.07. The fraction of sp³-hybridized carbons (Fsp3) is 0.0909. The van der Waals surface area contributed by atoms with Crippen LogP contribution in [0, 0.1) is 17.0 Å². The molecule has 0 aliphatic heterocycles. The van der Waals surface area contributed by atoms with Gasteiger partial charge >= 0.3 is 0 Å². The molecule has 32 heavy (non-hydrogen) atoms. The van der Waals surface area contributed by atoms with Crippen LogP contribution in [0.1, 0.15) is 21.6 Å². The lowest BCUT2D eigenvalue weighted by molar-refractivity contribution is -0.385. The molecule has 10 heteroatoms. The zero-order valence-electron chi connectivity index (χ0n) is 16.9. The van der Waals surface area contributed by atoms with Crippen molar-refractivity contribution in [1.29, 1.82) is 0 Å². The molecule has 0 aliphatic rings. The molecule has 0 unspecified atom stereocenters. The van der Waals surface area contributed by atoms with Crippen molar-refractivity contribution >= 4 is 28.1 Å². The van der Waals surface area contributed by atoms with Gasteiger partial charge in [0, 0.05) is 28.6 Å². The molecule has 0 fully saturated rings. The lowest BCUT2D eigenvalue weighted by Crippen LogP contribution is -2.26. The highest BCUT2D eigenvalue weighted by Crippen LogP contribution is 2.29. The predicted molar refractivity (Wildman–Crippen MR) is 121 cm³/mol. The van der Waals surface area contributed by atoms with Crippen molar-refractivity contribution in [2.45, 2.75) is 13.5 Å². The standard InChI is InChI=1S/C22H17N5O4S/c1-14-7-8-16(11-19(14)27(30)31)18-13-32-22(23-18)24-21(29)17-9-10-20(28)26(25-17)12-15-5-3-2-4-6-15/h2-11,13H,12H2,1H3,(H,23,24,29). The van der Waals surface area contributed by atoms with Gasteiger partial charge in [-0.05, 0) is 18.6 Å². The molecule has 1 amide bonds. The molecule has 0 saturated heterocycles. The van der Waals surface area contributed by atoms with Crippen LogP contribution < -0.4 is 10.9 Å². The van der Waals surface area contributed by atoms with E-state index in [1.54, 1.807) is 24.4 Å². The Morgan fingerprint density at radius 2 is 1.94 bits per heavy atom. The Balaban J connectivity index is 1.52. The van der Waals surface area contributed by atoms with E-state index in [2.05, 4.69) is 15.4 Å². The zero-order valence-corrected chi connectivity index (χ0v) is 17.7. The fourth-order valence-electron chi connectivity index (χ4n) is 3.03. The average Bonchev–Trinajstić information content (AvgIpc) is 3.24. The van der Waals surface area contributed by atoms with E-state index in [0.29, 0.717) is 22.0 Å². The summed E-state index contributed by atoms with van der Waals surface area (Å²) in [5.41, 5.74) is 2.29. The van der Waals surface area contributed by atoms with E-state index in [1.165, 1.54) is 34.2 Å². The number of benzene rings is 2. The summed E-state index contributed by atoms with van der Waals surface area (Å²) < 4.78 is 1.23. The van der Waals surface area contributed by atoms with Crippen LogP contribution in [0.15, 0.2) is 70.8 Å². The molecule has 1 N–H and O–H groups in total. The number of hydrogen-bond acceptors (Lipinski definition) is 7. The topological polar surface area (TPSA) is 120 Å². The number of aromatic nitrogens is 3. The normalized spacial score (nSPS) is 10.7. The summed E-state index contributed by atoms with van der Waals surface area (Å²) in [4.78, 5) is 39.9. The molecule has 4 aromatic rings. The van der Waals surface area contributed by atoms with Crippen LogP contribution in [0.25, 0.3) is 11.3 Å². The van der Waals surface area contributed by atoms with E-state index in [-0.39, 0.29) is 23.5 Å². The SMILES string of the molecule is Cc1ccc(-c2csc(NC(=O)c3ccc(=O)n(Cc4ccccc4)n3)n2)cc1[N+](=O)[O-]. The van der Waals surface area contributed by atoms with Gasteiger partial charge in [-0.15, -0.1) is 11.3 Å². The monoisotopic (exact) mass is 447 g/mol. The number of rotatable bonds is 6. The molecule has 0 bridgehead atoms. The van der Waals surface area contributed by atoms with E-state index in [1.807, 2.05) is 30.3 Å². The van der Waals surface area contributed by atoms with Gasteiger partial charge in [0.15, 0.2) is 5.13 Å². The van der Waals surface area contributed by atoms with Crippen molar-refractivity contribution in [2.24, 2.45) is 0 Å². The first kappa shape index (κ1) is 21.1. The summed E-state index contributed by atoms with van der Waals surface area (Å²) in [7, 11) is 0. The number of nitrogens with one attached hydrogen (secondary N) is 1. The van der Waals surface area contributed by atoms with Crippen LogP contribution in [-0.2, 0) is 6.54 Å². The molecular formula is C22H17N5O4S. The van der Waals surface area contributed by atoms with Crippen molar-refractivity contribution < 1.29 is 9.72 Å². The quantitative estimate of drug-likeness (QED) is 0.354. The van der Waals surface area contributed by atoms with Crippen LogP contribution >= 0.6 is 11.3 Å². The average molecular weight is 447 g/mol. The molecule has 2 aromatic heterocycles. The number of carbonyl (C=O) groups excluding carboxylic acids is 1. The van der Waals surface area contributed by atoms with Crippen LogP contribution in [-0.4, -0.2) is 25.6 Å². The number of amides is 1. The van der Waals surface area contributed by atoms with Gasteiger partial charge in [0.2, 0.25) is 0 Å². The Kier molecular flexibility index (Phi) is 5.86. The Morgan fingerprint density at radius 1 is 1.16 bits per heavy atom. The number of anilines is 1. The van der Waals surface area contributed by atoms with Crippen LogP contribution in [0.4, 0.5) is 10.8 Å². The van der Waals surface area contributed by atoms with Gasteiger partial charge in [-0.3, -0.25) is 25.0 Å². The zero-order chi connectivity index (χ0) is 22.7. The minimum absolute atomic E-state index is 0.00552. The van der Waals surface area contributed by atoms with E-state index in [0.717, 1.165) is 5.56 Å². The Bertz CT molecular complexity index is 1360. The predicted octanol–water partition coefficient (Wildman–Crippen LogP) is 3.88. The Morgan fingerprint density at radius 3 is 2.69 bits per heavy atom. The molecule has 9 nitrogen and oxygen atoms in total. The van der Waals surface area contributed by atoms with E-state index < -0.39 is 10.8 Å². The first-order valence-corrected chi connectivity index (χ1v) is 10.4. The van der Waals surface area contributed by atoms with Gasteiger partial charge < -0.3 is 0 Å². The number of nitrogens with zero attached hydrogens (tertiary/aromatic N) is 4. The van der Waals surface area contributed by atoms with Crippen molar-refractivity contribution in [3.05, 3.63) is 103 Å². The summed E-state index contributed by atoms with van der Waals surface area (Å²) in [6.45, 7) is 1.91. The summed E-state index contributed by atoms with van der Waals surface area (Å²) in [6, 6.07) is 16.8. The molecule has 2 aromatic carbocycles. The van der Waals surface area contributed by atoms with Gasteiger partial charge in [0.25, 0.3) is 17.2 Å². The molecule has 2 heterocycles. The van der Waals surface area contributed by atoms with Gasteiger partial charge in [-0.2, -0.15) is 5.10 Å². The molecule has 0 radical (unpaired) electrons. The molecule has 4 rings (SSSR count). The first-order valence-electron chi connectivity index (χ1n) is 9.55. The largest absolute Gasteiger partial charge is 0.296 e. The van der Waals surface area contributed by atoms with Gasteiger partial charge in [-0.1, -0.05) is 42.5 Å². The van der Waals surface area contributed by atoms with Crippen molar-refractivity contribution in [2.75, 3.05) is 5.32 Å². The molecule has 160 valence electrons. The third-order valence-electron chi connectivity index (χ3n) is 4.70. The van der Waals surface area contributed by atoms with Gasteiger partial charge in [-0.25, -0.2) is 9.67 Å². The summed E-state index contributed by atoms with van der Waals surface area (Å²) in [5.74, 6) is -0.511. The molecule has 0 atom stereocenters. The third-order valence-corrected chi connectivity index (χ3v) is 5.46. The van der Waals surface area contributed by atoms with Crippen molar-refractivity contribution in [1.82, 2.24) is 14.8 Å². The summed E-state index contributed by atoms with van der Waals surface area (Å²) >= 11 is 1.19. The minimum Gasteiger partial charge on any atom is -0.296 e. The van der Waals surface area contributed by atoms with Crippen LogP contribution in [0.3, 0.4) is 0 Å². The number of nitro groups is 1. The maximum absolute atomic E-state index is 12.7. The number of hydrogen-bond donors (Lipinski definition) is 1. The minimum atomic E-state index is -0.511. The number of nitro benzene ring substituents is 1. The van der Waals surface area contributed by atoms with Crippen molar-refractivity contribution in [3.63, 3.8) is 0 Å². The second-order valence-corrected chi connectivity index (χ2v) is 7.81. The maximum Gasteiger partial charge on any atom is 0.277 e. The van der Waals surface area contributed by atoms with Gasteiger partial charge in [0.05, 0.1) is 17.2 Å². The highest BCUT2D eigenvalue weighted by Gasteiger charge is 2.16. The number of aryl methyl sites for hydroxylation is 1. The molecule has 0 aliphatic carbocycles. The first-order chi connectivity index (χ1) is 15.4. The smallest absolute Gasteiger partial charge is 0.277 e. The van der Waals surface area contributed by atoms with E-state index >= 15 is 0 Å². The third kappa shape index (κ3) is 4.60.